The molecule has 0 fully saturated rings. The van der Waals surface area contributed by atoms with E-state index in [4.69, 9.17) is 9.47 Å². The number of rotatable bonds is 7. The second kappa shape index (κ2) is 8.54. The fourth-order valence-corrected chi connectivity index (χ4v) is 3.55. The number of imidazole rings is 1. The van der Waals surface area contributed by atoms with E-state index >= 15 is 0 Å². The summed E-state index contributed by atoms with van der Waals surface area (Å²) in [4.78, 5) is 21.0. The molecule has 0 atom stereocenters. The zero-order valence-corrected chi connectivity index (χ0v) is 17.0. The van der Waals surface area contributed by atoms with Crippen LogP contribution in [0.3, 0.4) is 0 Å². The fourth-order valence-electron chi connectivity index (χ4n) is 3.55. The molecule has 0 saturated heterocycles. The maximum Gasteiger partial charge on any atom is 0.231 e. The van der Waals surface area contributed by atoms with Crippen LogP contribution in [-0.2, 0) is 11.3 Å². The molecule has 2 aromatic carbocycles. The lowest BCUT2D eigenvalue weighted by atomic mass is 10.1. The lowest BCUT2D eigenvalue weighted by molar-refractivity contribution is -0.121. The number of halogens is 1. The molecular weight excluding hydrogens is 413 g/mol. The number of hydrogen-bond acceptors (Lipinski definition) is 6. The number of amides is 1. The first-order valence-electron chi connectivity index (χ1n) is 10.1. The summed E-state index contributed by atoms with van der Waals surface area (Å²) in [6, 6.07) is 11.8. The van der Waals surface area contributed by atoms with Gasteiger partial charge in [-0.25, -0.2) is 9.37 Å². The predicted octanol–water partition coefficient (Wildman–Crippen LogP) is 3.38. The molecule has 0 unspecified atom stereocenters. The summed E-state index contributed by atoms with van der Waals surface area (Å²) < 4.78 is 26.2. The van der Waals surface area contributed by atoms with Crippen LogP contribution in [0.25, 0.3) is 16.9 Å². The quantitative estimate of drug-likeness (QED) is 0.465. The van der Waals surface area contributed by atoms with Crippen molar-refractivity contribution < 1.29 is 18.7 Å². The highest BCUT2D eigenvalue weighted by Crippen LogP contribution is 2.32. The Bertz CT molecular complexity index is 1290. The molecule has 1 aliphatic heterocycles. The molecule has 2 N–H and O–H groups in total. The van der Waals surface area contributed by atoms with Crippen LogP contribution in [-0.4, -0.2) is 33.6 Å². The molecule has 32 heavy (non-hydrogen) atoms. The zero-order chi connectivity index (χ0) is 21.9. The molecule has 0 radical (unpaired) electrons. The Hall–Kier alpha value is -4.14. The van der Waals surface area contributed by atoms with Gasteiger partial charge in [0.25, 0.3) is 0 Å². The van der Waals surface area contributed by atoms with Crippen LogP contribution in [0, 0.1) is 5.82 Å². The first kappa shape index (κ1) is 19.8. The number of ether oxygens (including phenoxy) is 2. The van der Waals surface area contributed by atoms with Gasteiger partial charge < -0.3 is 20.1 Å². The van der Waals surface area contributed by atoms with Crippen molar-refractivity contribution in [1.82, 2.24) is 19.7 Å². The third-order valence-corrected chi connectivity index (χ3v) is 5.10. The second-order valence-electron chi connectivity index (χ2n) is 7.26. The van der Waals surface area contributed by atoms with Crippen molar-refractivity contribution in [2.45, 2.75) is 13.0 Å². The van der Waals surface area contributed by atoms with Crippen molar-refractivity contribution in [1.29, 1.82) is 0 Å². The molecule has 2 aromatic heterocycles. The molecule has 5 rings (SSSR count). The Kier molecular flexibility index (Phi) is 5.29. The Balaban J connectivity index is 1.24. The Labute approximate surface area is 183 Å². The van der Waals surface area contributed by atoms with E-state index in [2.05, 4.69) is 20.6 Å². The summed E-state index contributed by atoms with van der Waals surface area (Å²) in [5.41, 5.74) is 2.79. The van der Waals surface area contributed by atoms with Gasteiger partial charge in [0.05, 0.1) is 6.20 Å². The number of carbonyl (C=O) groups excluding carboxylic acids is 1. The lowest BCUT2D eigenvalue weighted by Gasteiger charge is -2.10. The number of fused-ring (bicyclic) bond motifs is 2. The molecule has 1 amide bonds. The van der Waals surface area contributed by atoms with Crippen molar-refractivity contribution in [3.63, 3.8) is 0 Å². The van der Waals surface area contributed by atoms with Gasteiger partial charge in [0, 0.05) is 37.5 Å². The SMILES string of the molecule is O=C(CCNc1c(-c2cccc(F)c2)nc2cnccn12)NCc1ccc2c(c1)OCO2. The van der Waals surface area contributed by atoms with E-state index < -0.39 is 0 Å². The van der Waals surface area contributed by atoms with Gasteiger partial charge in [-0.15, -0.1) is 0 Å². The van der Waals surface area contributed by atoms with Gasteiger partial charge in [0.2, 0.25) is 12.7 Å². The maximum atomic E-state index is 13.8. The van der Waals surface area contributed by atoms with Crippen molar-refractivity contribution in [3.8, 4) is 22.8 Å². The largest absolute Gasteiger partial charge is 0.454 e. The third kappa shape index (κ3) is 4.04. The van der Waals surface area contributed by atoms with Crippen molar-refractivity contribution in [2.75, 3.05) is 18.7 Å². The van der Waals surface area contributed by atoms with Crippen molar-refractivity contribution in [3.05, 3.63) is 72.4 Å². The highest BCUT2D eigenvalue weighted by molar-refractivity contribution is 5.78. The molecule has 0 spiro atoms. The normalized spacial score (nSPS) is 12.2. The minimum atomic E-state index is -0.341. The average Bonchev–Trinajstić information content (AvgIpc) is 3.42. The van der Waals surface area contributed by atoms with Crippen LogP contribution >= 0.6 is 0 Å². The molecule has 0 aliphatic carbocycles. The molecule has 1 aliphatic rings. The second-order valence-corrected chi connectivity index (χ2v) is 7.26. The van der Waals surface area contributed by atoms with Crippen LogP contribution in [0.15, 0.2) is 61.1 Å². The minimum absolute atomic E-state index is 0.0991. The molecule has 8 nitrogen and oxygen atoms in total. The third-order valence-electron chi connectivity index (χ3n) is 5.10. The molecule has 0 bridgehead atoms. The molecule has 162 valence electrons. The van der Waals surface area contributed by atoms with Crippen LogP contribution in [0.2, 0.25) is 0 Å². The monoisotopic (exact) mass is 433 g/mol. The fraction of sp³-hybridized carbons (Fsp3) is 0.174. The predicted molar refractivity (Wildman–Crippen MR) is 116 cm³/mol. The number of nitrogens with zero attached hydrogens (tertiary/aromatic N) is 3. The van der Waals surface area contributed by atoms with Crippen molar-refractivity contribution in [2.24, 2.45) is 0 Å². The number of carbonyl (C=O) groups is 1. The highest BCUT2D eigenvalue weighted by Gasteiger charge is 2.16. The zero-order valence-electron chi connectivity index (χ0n) is 17.0. The first-order chi connectivity index (χ1) is 15.7. The standard InChI is InChI=1S/C23H20FN5O3/c24-17-3-1-2-16(11-17)22-23(29-9-8-25-13-20(29)28-22)26-7-6-21(30)27-12-15-4-5-18-19(10-15)32-14-31-18/h1-5,8-11,13,26H,6-7,12,14H2,(H,27,30). The Morgan fingerprint density at radius 3 is 2.97 bits per heavy atom. The topological polar surface area (TPSA) is 89.8 Å². The van der Waals surface area contributed by atoms with E-state index in [1.165, 1.54) is 12.1 Å². The molecule has 0 saturated carbocycles. The van der Waals surface area contributed by atoms with Crippen LogP contribution < -0.4 is 20.1 Å². The van der Waals surface area contributed by atoms with Crippen molar-refractivity contribution >= 4 is 17.4 Å². The van der Waals surface area contributed by atoms with Gasteiger partial charge in [-0.05, 0) is 29.8 Å². The van der Waals surface area contributed by atoms with Gasteiger partial charge in [0.1, 0.15) is 17.3 Å². The smallest absolute Gasteiger partial charge is 0.231 e. The number of hydrogen-bond donors (Lipinski definition) is 2. The maximum absolute atomic E-state index is 13.8. The van der Waals surface area contributed by atoms with Gasteiger partial charge in [0.15, 0.2) is 17.1 Å². The van der Waals surface area contributed by atoms with E-state index in [0.717, 1.165) is 5.56 Å². The van der Waals surface area contributed by atoms with Gasteiger partial charge >= 0.3 is 0 Å². The Morgan fingerprint density at radius 1 is 1.16 bits per heavy atom. The lowest BCUT2D eigenvalue weighted by Crippen LogP contribution is -2.25. The van der Waals surface area contributed by atoms with E-state index in [-0.39, 0.29) is 24.9 Å². The summed E-state index contributed by atoms with van der Waals surface area (Å²) in [5, 5.41) is 6.17. The average molecular weight is 433 g/mol. The van der Waals surface area contributed by atoms with Gasteiger partial charge in [-0.1, -0.05) is 18.2 Å². The Morgan fingerprint density at radius 2 is 2.06 bits per heavy atom. The summed E-state index contributed by atoms with van der Waals surface area (Å²) in [6.45, 7) is 0.991. The summed E-state index contributed by atoms with van der Waals surface area (Å²) in [6.07, 6.45) is 5.30. The molecule has 3 heterocycles. The van der Waals surface area contributed by atoms with Crippen LogP contribution in [0.4, 0.5) is 10.2 Å². The minimum Gasteiger partial charge on any atom is -0.454 e. The molecular formula is C23H20FN5O3. The first-order valence-corrected chi connectivity index (χ1v) is 10.1. The van der Waals surface area contributed by atoms with E-state index in [1.54, 1.807) is 30.7 Å². The van der Waals surface area contributed by atoms with Crippen LogP contribution in [0.5, 0.6) is 11.5 Å². The van der Waals surface area contributed by atoms with Crippen LogP contribution in [0.1, 0.15) is 12.0 Å². The van der Waals surface area contributed by atoms with E-state index in [0.29, 0.717) is 47.3 Å². The molecule has 9 heteroatoms. The van der Waals surface area contributed by atoms with Gasteiger partial charge in [-0.3, -0.25) is 14.2 Å². The van der Waals surface area contributed by atoms with E-state index in [9.17, 15) is 9.18 Å². The highest BCUT2D eigenvalue weighted by atomic mass is 19.1. The molecule has 4 aromatic rings. The summed E-state index contributed by atoms with van der Waals surface area (Å²) >= 11 is 0. The number of nitrogens with one attached hydrogen (secondary N) is 2. The number of anilines is 1. The summed E-state index contributed by atoms with van der Waals surface area (Å²) in [7, 11) is 0. The van der Waals surface area contributed by atoms with E-state index in [1.807, 2.05) is 22.6 Å². The number of aromatic nitrogens is 3. The van der Waals surface area contributed by atoms with Gasteiger partial charge in [-0.2, -0.15) is 0 Å². The number of benzene rings is 2. The summed E-state index contributed by atoms with van der Waals surface area (Å²) in [5.74, 6) is 1.63.